The van der Waals surface area contributed by atoms with Crippen LogP contribution in [0.2, 0.25) is 0 Å². The molecule has 1 spiro atoms. The van der Waals surface area contributed by atoms with Crippen molar-refractivity contribution in [3.63, 3.8) is 0 Å². The molecule has 0 fully saturated rings. The summed E-state index contributed by atoms with van der Waals surface area (Å²) >= 11 is 0. The fourth-order valence-electron chi connectivity index (χ4n) is 7.58. The van der Waals surface area contributed by atoms with E-state index in [0.29, 0.717) is 0 Å². The van der Waals surface area contributed by atoms with Crippen molar-refractivity contribution in [3.05, 3.63) is 107 Å². The minimum absolute atomic E-state index is 0.360. The summed E-state index contributed by atoms with van der Waals surface area (Å²) in [6.07, 6.45) is 19.1. The van der Waals surface area contributed by atoms with Crippen LogP contribution in [0, 0.1) is 0 Å². The molecule has 0 saturated heterocycles. The van der Waals surface area contributed by atoms with Crippen LogP contribution in [0.5, 0.6) is 0 Å². The Hall–Kier alpha value is -3.26. The van der Waals surface area contributed by atoms with Crippen molar-refractivity contribution in [2.24, 2.45) is 0 Å². The van der Waals surface area contributed by atoms with Crippen molar-refractivity contribution in [3.8, 4) is 22.5 Å². The highest BCUT2D eigenvalue weighted by Crippen LogP contribution is 2.50. The molecular weight excluding hydrogens is 448 g/mol. The number of benzene rings is 2. The van der Waals surface area contributed by atoms with Gasteiger partial charge < -0.3 is 0 Å². The van der Waals surface area contributed by atoms with E-state index < -0.39 is 0 Å². The van der Waals surface area contributed by atoms with E-state index in [9.17, 15) is 0 Å². The van der Waals surface area contributed by atoms with Gasteiger partial charge in [-0.25, -0.2) is 0 Å². The fourth-order valence-corrected chi connectivity index (χ4v) is 7.58. The summed E-state index contributed by atoms with van der Waals surface area (Å²) in [5.41, 5.74) is 13.0. The highest BCUT2D eigenvalue weighted by atomic mass is 15.3. The number of nitrogens with zero attached hydrogens (tertiary/aromatic N) is 2. The lowest BCUT2D eigenvalue weighted by Crippen LogP contribution is -2.71. The highest BCUT2D eigenvalue weighted by molar-refractivity contribution is 5.77. The first kappa shape index (κ1) is 22.9. The van der Waals surface area contributed by atoms with Gasteiger partial charge >= 0.3 is 5.66 Å². The van der Waals surface area contributed by atoms with Gasteiger partial charge in [-0.15, -0.1) is 9.13 Å². The molecule has 2 heteroatoms. The van der Waals surface area contributed by atoms with Crippen LogP contribution in [0.1, 0.15) is 86.1 Å². The Kier molecular flexibility index (Phi) is 5.72. The maximum absolute atomic E-state index is 2.64. The topological polar surface area (TPSA) is 7.76 Å². The van der Waals surface area contributed by atoms with Crippen LogP contribution in [0.25, 0.3) is 22.5 Å². The first-order valence-electron chi connectivity index (χ1n) is 14.7. The van der Waals surface area contributed by atoms with Crippen LogP contribution < -0.4 is 9.13 Å². The Bertz CT molecular complexity index is 1440. The molecule has 2 aliphatic heterocycles. The van der Waals surface area contributed by atoms with Gasteiger partial charge in [0, 0.05) is 24.3 Å². The molecule has 1 aliphatic carbocycles. The summed E-state index contributed by atoms with van der Waals surface area (Å²) in [7, 11) is 0. The van der Waals surface area contributed by atoms with Crippen LogP contribution in [0.3, 0.4) is 0 Å². The molecule has 4 aromatic rings. The van der Waals surface area contributed by atoms with Gasteiger partial charge in [0.15, 0.2) is 12.4 Å². The fraction of sp³-hybridized carbons (Fsp3) is 0.371. The van der Waals surface area contributed by atoms with Gasteiger partial charge in [0.1, 0.15) is 11.1 Å². The predicted octanol–water partition coefficient (Wildman–Crippen LogP) is 7.30. The minimum Gasteiger partial charge on any atom is -0.126 e. The summed E-state index contributed by atoms with van der Waals surface area (Å²) in [5, 5.41) is 0. The molecule has 0 amide bonds. The van der Waals surface area contributed by atoms with Crippen molar-refractivity contribution in [2.45, 2.75) is 83.2 Å². The van der Waals surface area contributed by atoms with Crippen molar-refractivity contribution in [2.75, 3.05) is 0 Å². The third kappa shape index (κ3) is 3.31. The van der Waals surface area contributed by atoms with Crippen LogP contribution >= 0.6 is 0 Å². The number of unbranched alkanes of at least 4 members (excludes halogenated alkanes) is 5. The quantitative estimate of drug-likeness (QED) is 0.165. The highest BCUT2D eigenvalue weighted by Gasteiger charge is 2.66. The number of rotatable bonds is 7. The van der Waals surface area contributed by atoms with Gasteiger partial charge in [0.25, 0.3) is 0 Å². The average molecular weight is 487 g/mol. The maximum Gasteiger partial charge on any atom is 0.417 e. The predicted molar refractivity (Wildman–Crippen MR) is 149 cm³/mol. The first-order chi connectivity index (χ1) is 18.4. The smallest absolute Gasteiger partial charge is 0.126 e. The molecule has 1 unspecified atom stereocenters. The second-order valence-electron chi connectivity index (χ2n) is 11.3. The van der Waals surface area contributed by atoms with Gasteiger partial charge in [-0.05, 0) is 85.5 Å². The standard InChI is InChI=1S/C35H38N2/c1-2-3-4-5-6-7-16-26-25-31-34(28-18-9-8-17-27(26)28)33-22-13-15-24-37(33)35(31)30-20-11-10-19-29(30)32-21-12-14-23-36(32)35/h10-15,19-25H,2-9,16-18H2,1H3/q+2. The molecule has 4 heterocycles. The number of aryl methyl sites for hydroxylation is 1. The summed E-state index contributed by atoms with van der Waals surface area (Å²) in [5.74, 6) is 0. The van der Waals surface area contributed by atoms with Crippen LogP contribution in [0.4, 0.5) is 0 Å². The van der Waals surface area contributed by atoms with Crippen LogP contribution in [-0.4, -0.2) is 0 Å². The molecule has 2 aromatic heterocycles. The second-order valence-corrected chi connectivity index (χ2v) is 11.3. The number of hydrogen-bond acceptors (Lipinski definition) is 0. The molecule has 2 nitrogen and oxygen atoms in total. The monoisotopic (exact) mass is 486 g/mol. The largest absolute Gasteiger partial charge is 0.417 e. The zero-order valence-electron chi connectivity index (χ0n) is 22.2. The van der Waals surface area contributed by atoms with Gasteiger partial charge in [-0.1, -0.05) is 51.2 Å². The molecule has 186 valence electrons. The normalized spacial score (nSPS) is 18.3. The molecule has 0 radical (unpaired) electrons. The van der Waals surface area contributed by atoms with Gasteiger partial charge in [0.2, 0.25) is 11.4 Å². The summed E-state index contributed by atoms with van der Waals surface area (Å²) in [4.78, 5) is 0. The Balaban J connectivity index is 1.45. The number of pyridine rings is 2. The van der Waals surface area contributed by atoms with Gasteiger partial charge in [-0.3, -0.25) is 0 Å². The lowest BCUT2D eigenvalue weighted by Gasteiger charge is -2.23. The number of fused-ring (bicyclic) bond motifs is 12. The Morgan fingerprint density at radius 1 is 0.676 bits per heavy atom. The molecule has 3 aliphatic rings. The van der Waals surface area contributed by atoms with Gasteiger partial charge in [0.05, 0.1) is 11.1 Å². The van der Waals surface area contributed by atoms with E-state index in [2.05, 4.69) is 95.2 Å². The average Bonchev–Trinajstić information content (AvgIpc) is 3.42. The van der Waals surface area contributed by atoms with E-state index in [4.69, 9.17) is 0 Å². The second kappa shape index (κ2) is 9.24. The molecule has 2 aromatic carbocycles. The zero-order valence-corrected chi connectivity index (χ0v) is 22.2. The van der Waals surface area contributed by atoms with Crippen molar-refractivity contribution in [1.82, 2.24) is 0 Å². The van der Waals surface area contributed by atoms with Crippen LogP contribution in [-0.2, 0) is 24.9 Å². The van der Waals surface area contributed by atoms with E-state index >= 15 is 0 Å². The van der Waals surface area contributed by atoms with Crippen LogP contribution in [0.15, 0.2) is 79.1 Å². The Morgan fingerprint density at radius 2 is 1.35 bits per heavy atom. The number of aromatic nitrogens is 2. The van der Waals surface area contributed by atoms with Crippen molar-refractivity contribution >= 4 is 0 Å². The zero-order chi connectivity index (χ0) is 24.8. The van der Waals surface area contributed by atoms with E-state index in [1.165, 1.54) is 104 Å². The van der Waals surface area contributed by atoms with Crippen molar-refractivity contribution in [1.29, 1.82) is 0 Å². The minimum atomic E-state index is -0.360. The summed E-state index contributed by atoms with van der Waals surface area (Å²) < 4.78 is 5.13. The molecule has 0 N–H and O–H groups in total. The van der Waals surface area contributed by atoms with E-state index in [1.807, 2.05) is 0 Å². The SMILES string of the molecule is CCCCCCCCc1cc2c(c3c1CCCC3)-c1cccc[n+]1C21c2ccccc2-c2cccc[n+]21. The molecule has 0 bridgehead atoms. The van der Waals surface area contributed by atoms with E-state index in [0.717, 1.165) is 0 Å². The third-order valence-corrected chi connectivity index (χ3v) is 9.17. The molecular formula is C35H38N2+2. The lowest BCUT2D eigenvalue weighted by atomic mass is 9.78. The first-order valence-corrected chi connectivity index (χ1v) is 14.7. The molecule has 0 saturated carbocycles. The summed E-state index contributed by atoms with van der Waals surface area (Å²) in [6.45, 7) is 2.31. The molecule has 37 heavy (non-hydrogen) atoms. The molecule has 7 rings (SSSR count). The Labute approximate surface area is 221 Å². The van der Waals surface area contributed by atoms with Gasteiger partial charge in [-0.2, -0.15) is 0 Å². The van der Waals surface area contributed by atoms with E-state index in [-0.39, 0.29) is 5.66 Å². The van der Waals surface area contributed by atoms with Crippen molar-refractivity contribution < 1.29 is 9.13 Å². The Morgan fingerprint density at radius 3 is 2.19 bits per heavy atom. The third-order valence-electron chi connectivity index (χ3n) is 9.17. The van der Waals surface area contributed by atoms with E-state index in [1.54, 1.807) is 16.7 Å². The number of hydrogen-bond donors (Lipinski definition) is 0. The molecule has 1 atom stereocenters. The summed E-state index contributed by atoms with van der Waals surface area (Å²) in [6, 6.07) is 25.2. The lowest BCUT2D eigenvalue weighted by molar-refractivity contribution is -0.955. The maximum atomic E-state index is 2.64.